The second-order valence-electron chi connectivity index (χ2n) is 4.79. The molecule has 0 aliphatic heterocycles. The highest BCUT2D eigenvalue weighted by atomic mass is 16.3. The maximum absolute atomic E-state index is 5.61. The van der Waals surface area contributed by atoms with Gasteiger partial charge in [-0.3, -0.25) is 0 Å². The zero-order chi connectivity index (χ0) is 12.5. The molecule has 0 bridgehead atoms. The van der Waals surface area contributed by atoms with Crippen molar-refractivity contribution in [2.45, 2.75) is 19.8 Å². The quantitative estimate of drug-likeness (QED) is 0.706. The van der Waals surface area contributed by atoms with E-state index in [1.165, 1.54) is 16.7 Å². The normalized spacial score (nSPS) is 15.4. The van der Waals surface area contributed by atoms with E-state index in [1.54, 1.807) is 6.26 Å². The summed E-state index contributed by atoms with van der Waals surface area (Å²) in [5.74, 6) is 0. The van der Waals surface area contributed by atoms with Crippen LogP contribution < -0.4 is 0 Å². The van der Waals surface area contributed by atoms with Crippen LogP contribution in [0.1, 0.15) is 25.3 Å². The van der Waals surface area contributed by atoms with Crippen molar-refractivity contribution in [1.29, 1.82) is 0 Å². The lowest BCUT2D eigenvalue weighted by Crippen LogP contribution is -1.93. The number of para-hydroxylation sites is 1. The van der Waals surface area contributed by atoms with Crippen molar-refractivity contribution in [3.8, 4) is 0 Å². The van der Waals surface area contributed by atoms with Crippen molar-refractivity contribution >= 4 is 16.5 Å². The fourth-order valence-corrected chi connectivity index (χ4v) is 2.45. The topological polar surface area (TPSA) is 13.1 Å². The Labute approximate surface area is 107 Å². The van der Waals surface area contributed by atoms with Gasteiger partial charge in [-0.25, -0.2) is 0 Å². The maximum atomic E-state index is 5.61. The molecule has 1 aromatic heterocycles. The van der Waals surface area contributed by atoms with Crippen LogP contribution in [0.2, 0.25) is 0 Å². The van der Waals surface area contributed by atoms with Crippen LogP contribution in [0.15, 0.2) is 64.8 Å². The zero-order valence-electron chi connectivity index (χ0n) is 10.6. The molecule has 1 aromatic carbocycles. The summed E-state index contributed by atoms with van der Waals surface area (Å²) in [5, 5.41) is 1.16. The minimum absolute atomic E-state index is 0.975. The molecule has 2 aromatic rings. The van der Waals surface area contributed by atoms with Crippen molar-refractivity contribution in [1.82, 2.24) is 0 Å². The van der Waals surface area contributed by atoms with Gasteiger partial charge in [0.2, 0.25) is 0 Å². The number of hydrogen-bond donors (Lipinski definition) is 0. The Balaban J connectivity index is 2.13. The Morgan fingerprint density at radius 1 is 1.28 bits per heavy atom. The highest BCUT2D eigenvalue weighted by molar-refractivity contribution is 5.93. The monoisotopic (exact) mass is 236 g/mol. The van der Waals surface area contributed by atoms with Gasteiger partial charge >= 0.3 is 0 Å². The molecule has 0 unspecified atom stereocenters. The van der Waals surface area contributed by atoms with E-state index in [1.807, 2.05) is 6.07 Å². The van der Waals surface area contributed by atoms with Crippen LogP contribution in [0.5, 0.6) is 0 Å². The minimum Gasteiger partial charge on any atom is -0.464 e. The van der Waals surface area contributed by atoms with Crippen LogP contribution in [0, 0.1) is 0 Å². The summed E-state index contributed by atoms with van der Waals surface area (Å²) in [7, 11) is 0. The lowest BCUT2D eigenvalue weighted by molar-refractivity contribution is 0.615. The largest absolute Gasteiger partial charge is 0.464 e. The van der Waals surface area contributed by atoms with Gasteiger partial charge < -0.3 is 4.42 Å². The first-order valence-corrected chi connectivity index (χ1v) is 6.29. The number of hydrogen-bond acceptors (Lipinski definition) is 1. The van der Waals surface area contributed by atoms with E-state index in [0.717, 1.165) is 29.4 Å². The standard InChI is InChI=1S/C17H16O/c1-12(2)14-6-3-7-15(11-14)16-8-4-5-13-9-10-18-17(13)16/h4-5,7-11H,1,3,6H2,2H3. The average Bonchev–Trinajstić information content (AvgIpc) is 2.87. The lowest BCUT2D eigenvalue weighted by atomic mass is 9.91. The molecule has 1 nitrogen and oxygen atoms in total. The van der Waals surface area contributed by atoms with Crippen molar-refractivity contribution in [3.05, 3.63) is 66.0 Å². The Bertz CT molecular complexity index is 668. The molecule has 3 rings (SSSR count). The molecular weight excluding hydrogens is 220 g/mol. The molecule has 1 aliphatic carbocycles. The zero-order valence-corrected chi connectivity index (χ0v) is 10.6. The van der Waals surface area contributed by atoms with Gasteiger partial charge in [0.1, 0.15) is 5.58 Å². The molecule has 0 atom stereocenters. The number of allylic oxidation sites excluding steroid dienone is 5. The third-order valence-electron chi connectivity index (χ3n) is 3.45. The second kappa shape index (κ2) is 4.34. The highest BCUT2D eigenvalue weighted by Gasteiger charge is 2.11. The van der Waals surface area contributed by atoms with Crippen LogP contribution >= 0.6 is 0 Å². The molecule has 0 saturated heterocycles. The Hall–Kier alpha value is -2.02. The smallest absolute Gasteiger partial charge is 0.141 e. The number of furan rings is 1. The maximum Gasteiger partial charge on any atom is 0.141 e. The summed E-state index contributed by atoms with van der Waals surface area (Å²) in [6.45, 7) is 6.11. The molecule has 0 spiro atoms. The predicted octanol–water partition coefficient (Wildman–Crippen LogP) is 5.11. The summed E-state index contributed by atoms with van der Waals surface area (Å²) in [6, 6.07) is 8.28. The second-order valence-corrected chi connectivity index (χ2v) is 4.79. The third-order valence-corrected chi connectivity index (χ3v) is 3.45. The molecule has 0 amide bonds. The van der Waals surface area contributed by atoms with Crippen LogP contribution in [-0.4, -0.2) is 0 Å². The SMILES string of the molecule is C=C(C)C1=CC(c2cccc3ccoc23)=CCC1. The van der Waals surface area contributed by atoms with Gasteiger partial charge in [-0.05, 0) is 37.0 Å². The van der Waals surface area contributed by atoms with Gasteiger partial charge in [0.25, 0.3) is 0 Å². The summed E-state index contributed by atoms with van der Waals surface area (Å²) >= 11 is 0. The van der Waals surface area contributed by atoms with Crippen molar-refractivity contribution in [2.24, 2.45) is 0 Å². The van der Waals surface area contributed by atoms with Gasteiger partial charge in [-0.15, -0.1) is 0 Å². The van der Waals surface area contributed by atoms with E-state index in [4.69, 9.17) is 4.42 Å². The van der Waals surface area contributed by atoms with Gasteiger partial charge in [0.15, 0.2) is 0 Å². The first kappa shape index (κ1) is 11.1. The summed E-state index contributed by atoms with van der Waals surface area (Å²) in [5.41, 5.74) is 5.90. The van der Waals surface area contributed by atoms with E-state index < -0.39 is 0 Å². The summed E-state index contributed by atoms with van der Waals surface area (Å²) in [4.78, 5) is 0. The van der Waals surface area contributed by atoms with Crippen LogP contribution in [0.3, 0.4) is 0 Å². The Kier molecular flexibility index (Phi) is 2.67. The minimum atomic E-state index is 0.975. The summed E-state index contributed by atoms with van der Waals surface area (Å²) < 4.78 is 5.61. The number of benzene rings is 1. The molecule has 1 heteroatoms. The van der Waals surface area contributed by atoms with E-state index in [-0.39, 0.29) is 0 Å². The number of fused-ring (bicyclic) bond motifs is 1. The fourth-order valence-electron chi connectivity index (χ4n) is 2.45. The molecule has 18 heavy (non-hydrogen) atoms. The molecule has 0 radical (unpaired) electrons. The van der Waals surface area contributed by atoms with E-state index in [9.17, 15) is 0 Å². The molecule has 1 heterocycles. The number of rotatable bonds is 2. The molecule has 90 valence electrons. The lowest BCUT2D eigenvalue weighted by Gasteiger charge is -2.14. The molecule has 1 aliphatic rings. The first-order valence-electron chi connectivity index (χ1n) is 6.29. The molecule has 0 N–H and O–H groups in total. The average molecular weight is 236 g/mol. The van der Waals surface area contributed by atoms with Crippen LogP contribution in [0.25, 0.3) is 16.5 Å². The van der Waals surface area contributed by atoms with Crippen LogP contribution in [0.4, 0.5) is 0 Å². The van der Waals surface area contributed by atoms with Gasteiger partial charge in [0.05, 0.1) is 6.26 Å². The molecular formula is C17H16O. The summed E-state index contributed by atoms with van der Waals surface area (Å²) in [6.07, 6.45) is 8.44. The van der Waals surface area contributed by atoms with Gasteiger partial charge in [0, 0.05) is 10.9 Å². The van der Waals surface area contributed by atoms with Gasteiger partial charge in [-0.2, -0.15) is 0 Å². The third kappa shape index (κ3) is 1.82. The predicted molar refractivity (Wildman–Crippen MR) is 76.3 cm³/mol. The van der Waals surface area contributed by atoms with E-state index >= 15 is 0 Å². The fraction of sp³-hybridized carbons (Fsp3) is 0.176. The van der Waals surface area contributed by atoms with E-state index in [2.05, 4.69) is 43.9 Å². The Morgan fingerprint density at radius 2 is 2.17 bits per heavy atom. The van der Waals surface area contributed by atoms with Crippen molar-refractivity contribution < 1.29 is 4.42 Å². The van der Waals surface area contributed by atoms with Crippen LogP contribution in [-0.2, 0) is 0 Å². The first-order chi connectivity index (χ1) is 8.75. The van der Waals surface area contributed by atoms with Crippen molar-refractivity contribution in [2.75, 3.05) is 0 Å². The Morgan fingerprint density at radius 3 is 3.00 bits per heavy atom. The van der Waals surface area contributed by atoms with E-state index in [0.29, 0.717) is 0 Å². The van der Waals surface area contributed by atoms with Gasteiger partial charge in [-0.1, -0.05) is 42.5 Å². The molecule has 0 saturated carbocycles. The van der Waals surface area contributed by atoms with Crippen molar-refractivity contribution in [3.63, 3.8) is 0 Å². The highest BCUT2D eigenvalue weighted by Crippen LogP contribution is 2.32. The molecule has 0 fully saturated rings.